The van der Waals surface area contributed by atoms with Crippen molar-refractivity contribution in [3.8, 4) is 5.75 Å². The first-order valence-corrected chi connectivity index (χ1v) is 6.55. The number of aliphatic hydroxyl groups excluding tert-OH is 1. The van der Waals surface area contributed by atoms with E-state index in [1.54, 1.807) is 6.92 Å². The highest BCUT2D eigenvalue weighted by atomic mass is 16.6. The van der Waals surface area contributed by atoms with Gasteiger partial charge in [0.25, 0.3) is 0 Å². The zero-order valence-electron chi connectivity index (χ0n) is 11.3. The first kappa shape index (κ1) is 13.4. The summed E-state index contributed by atoms with van der Waals surface area (Å²) < 4.78 is 11.6. The number of hydrogen-bond donors (Lipinski definition) is 1. The fraction of sp³-hybridized carbons (Fsp3) is 0.600. The van der Waals surface area contributed by atoms with Crippen LogP contribution >= 0.6 is 0 Å². The molecule has 0 spiro atoms. The van der Waals surface area contributed by atoms with Crippen molar-refractivity contribution in [1.29, 1.82) is 0 Å². The third-order valence-electron chi connectivity index (χ3n) is 3.35. The van der Waals surface area contributed by atoms with E-state index < -0.39 is 6.10 Å². The summed E-state index contributed by atoms with van der Waals surface area (Å²) in [7, 11) is 0. The maximum atomic E-state index is 9.41. The van der Waals surface area contributed by atoms with Crippen LogP contribution in [0.15, 0.2) is 24.3 Å². The Morgan fingerprint density at radius 2 is 2.06 bits per heavy atom. The fourth-order valence-corrected chi connectivity index (χ4v) is 2.23. The molecular formula is C15H22O3. The lowest BCUT2D eigenvalue weighted by molar-refractivity contribution is -0.0326. The molecule has 1 aliphatic heterocycles. The first-order valence-electron chi connectivity index (χ1n) is 6.55. The molecule has 1 aromatic rings. The summed E-state index contributed by atoms with van der Waals surface area (Å²) in [6.07, 6.45) is 1.90. The van der Waals surface area contributed by atoms with Crippen LogP contribution in [0.2, 0.25) is 0 Å². The van der Waals surface area contributed by atoms with Gasteiger partial charge in [-0.1, -0.05) is 12.1 Å². The van der Waals surface area contributed by atoms with Crippen molar-refractivity contribution in [3.05, 3.63) is 29.8 Å². The molecule has 18 heavy (non-hydrogen) atoms. The van der Waals surface area contributed by atoms with Gasteiger partial charge in [-0.3, -0.25) is 0 Å². The summed E-state index contributed by atoms with van der Waals surface area (Å²) >= 11 is 0. The SMILES string of the molecule is C[C@H](O)c1ccc(OCC2CCC(C)(C)O2)cc1. The quantitative estimate of drug-likeness (QED) is 0.892. The van der Waals surface area contributed by atoms with E-state index >= 15 is 0 Å². The second kappa shape index (κ2) is 5.29. The number of benzene rings is 1. The van der Waals surface area contributed by atoms with Crippen molar-refractivity contribution in [3.63, 3.8) is 0 Å². The molecule has 1 unspecified atom stereocenters. The van der Waals surface area contributed by atoms with Crippen molar-refractivity contribution in [1.82, 2.24) is 0 Å². The average molecular weight is 250 g/mol. The molecule has 0 bridgehead atoms. The number of aliphatic hydroxyl groups is 1. The van der Waals surface area contributed by atoms with E-state index in [0.29, 0.717) is 6.61 Å². The van der Waals surface area contributed by atoms with Crippen molar-refractivity contribution in [2.24, 2.45) is 0 Å². The largest absolute Gasteiger partial charge is 0.491 e. The molecule has 1 aromatic carbocycles. The van der Waals surface area contributed by atoms with Crippen molar-refractivity contribution >= 4 is 0 Å². The van der Waals surface area contributed by atoms with E-state index in [0.717, 1.165) is 24.2 Å². The Balaban J connectivity index is 1.84. The molecule has 1 aliphatic rings. The van der Waals surface area contributed by atoms with Crippen molar-refractivity contribution in [2.75, 3.05) is 6.61 Å². The molecule has 2 atom stereocenters. The second-order valence-electron chi connectivity index (χ2n) is 5.59. The van der Waals surface area contributed by atoms with Gasteiger partial charge >= 0.3 is 0 Å². The predicted octanol–water partition coefficient (Wildman–Crippen LogP) is 3.08. The molecule has 3 heteroatoms. The summed E-state index contributed by atoms with van der Waals surface area (Å²) in [5, 5.41) is 9.41. The normalized spacial score (nSPS) is 23.9. The van der Waals surface area contributed by atoms with E-state index in [1.807, 2.05) is 24.3 Å². The monoisotopic (exact) mass is 250 g/mol. The Morgan fingerprint density at radius 1 is 1.39 bits per heavy atom. The highest BCUT2D eigenvalue weighted by Crippen LogP contribution is 2.29. The Kier molecular flexibility index (Phi) is 3.93. The highest BCUT2D eigenvalue weighted by Gasteiger charge is 2.31. The van der Waals surface area contributed by atoms with E-state index in [4.69, 9.17) is 9.47 Å². The maximum absolute atomic E-state index is 9.41. The zero-order chi connectivity index (χ0) is 13.2. The molecule has 0 amide bonds. The van der Waals surface area contributed by atoms with Gasteiger partial charge in [0.1, 0.15) is 12.4 Å². The molecular weight excluding hydrogens is 228 g/mol. The van der Waals surface area contributed by atoms with E-state index in [9.17, 15) is 5.11 Å². The van der Waals surface area contributed by atoms with Crippen LogP contribution in [0.4, 0.5) is 0 Å². The fourth-order valence-electron chi connectivity index (χ4n) is 2.23. The Bertz CT molecular complexity index is 381. The van der Waals surface area contributed by atoms with Crippen LogP contribution in [0.25, 0.3) is 0 Å². The standard InChI is InChI=1S/C15H22O3/c1-11(16)12-4-6-13(7-5-12)17-10-14-8-9-15(2,3)18-14/h4-7,11,14,16H,8-10H2,1-3H3/t11-,14?/m0/s1. The average Bonchev–Trinajstić information content (AvgIpc) is 2.67. The minimum Gasteiger partial charge on any atom is -0.491 e. The molecule has 1 fully saturated rings. The van der Waals surface area contributed by atoms with Gasteiger partial charge < -0.3 is 14.6 Å². The topological polar surface area (TPSA) is 38.7 Å². The van der Waals surface area contributed by atoms with Gasteiger partial charge in [-0.25, -0.2) is 0 Å². The van der Waals surface area contributed by atoms with Gasteiger partial charge in [-0.2, -0.15) is 0 Å². The lowest BCUT2D eigenvalue weighted by Crippen LogP contribution is -2.23. The Hall–Kier alpha value is -1.06. The van der Waals surface area contributed by atoms with Gasteiger partial charge in [0.2, 0.25) is 0 Å². The lowest BCUT2D eigenvalue weighted by Gasteiger charge is -2.19. The Morgan fingerprint density at radius 3 is 2.56 bits per heavy atom. The molecule has 1 saturated heterocycles. The third-order valence-corrected chi connectivity index (χ3v) is 3.35. The highest BCUT2D eigenvalue weighted by molar-refractivity contribution is 5.28. The summed E-state index contributed by atoms with van der Waals surface area (Å²) in [6, 6.07) is 7.56. The third kappa shape index (κ3) is 3.47. The van der Waals surface area contributed by atoms with Crippen LogP contribution < -0.4 is 4.74 Å². The summed E-state index contributed by atoms with van der Waals surface area (Å²) in [4.78, 5) is 0. The van der Waals surface area contributed by atoms with Gasteiger partial charge in [-0.05, 0) is 51.3 Å². The molecule has 0 saturated carbocycles. The number of rotatable bonds is 4. The van der Waals surface area contributed by atoms with Gasteiger partial charge in [0, 0.05) is 0 Å². The molecule has 100 valence electrons. The molecule has 3 nitrogen and oxygen atoms in total. The zero-order valence-corrected chi connectivity index (χ0v) is 11.3. The molecule has 0 radical (unpaired) electrons. The van der Waals surface area contributed by atoms with Crippen LogP contribution in [-0.4, -0.2) is 23.4 Å². The maximum Gasteiger partial charge on any atom is 0.119 e. The van der Waals surface area contributed by atoms with Gasteiger partial charge in [0.05, 0.1) is 17.8 Å². The minimum atomic E-state index is -0.432. The summed E-state index contributed by atoms with van der Waals surface area (Å²) in [5.74, 6) is 0.827. The smallest absolute Gasteiger partial charge is 0.119 e. The molecule has 2 rings (SSSR count). The first-order chi connectivity index (χ1) is 8.46. The number of hydrogen-bond acceptors (Lipinski definition) is 3. The van der Waals surface area contributed by atoms with Crippen LogP contribution in [-0.2, 0) is 4.74 Å². The summed E-state index contributed by atoms with van der Waals surface area (Å²) in [6.45, 7) is 6.58. The van der Waals surface area contributed by atoms with E-state index in [1.165, 1.54) is 0 Å². The van der Waals surface area contributed by atoms with E-state index in [-0.39, 0.29) is 11.7 Å². The van der Waals surface area contributed by atoms with Crippen LogP contribution in [0, 0.1) is 0 Å². The second-order valence-corrected chi connectivity index (χ2v) is 5.59. The summed E-state index contributed by atoms with van der Waals surface area (Å²) in [5.41, 5.74) is 0.894. The Labute approximate surface area is 109 Å². The number of ether oxygens (including phenoxy) is 2. The lowest BCUT2D eigenvalue weighted by atomic mass is 10.1. The van der Waals surface area contributed by atoms with Crippen LogP contribution in [0.5, 0.6) is 5.75 Å². The minimum absolute atomic E-state index is 0.00972. The van der Waals surface area contributed by atoms with Crippen molar-refractivity contribution < 1.29 is 14.6 Å². The van der Waals surface area contributed by atoms with Crippen LogP contribution in [0.1, 0.15) is 45.3 Å². The molecule has 1 N–H and O–H groups in total. The predicted molar refractivity (Wildman–Crippen MR) is 70.8 cm³/mol. The van der Waals surface area contributed by atoms with Gasteiger partial charge in [-0.15, -0.1) is 0 Å². The molecule has 0 aliphatic carbocycles. The van der Waals surface area contributed by atoms with E-state index in [2.05, 4.69) is 13.8 Å². The molecule has 0 aromatic heterocycles. The van der Waals surface area contributed by atoms with Crippen LogP contribution in [0.3, 0.4) is 0 Å². The van der Waals surface area contributed by atoms with Gasteiger partial charge in [0.15, 0.2) is 0 Å². The molecule has 1 heterocycles. The van der Waals surface area contributed by atoms with Crippen molar-refractivity contribution in [2.45, 2.75) is 51.4 Å².